The summed E-state index contributed by atoms with van der Waals surface area (Å²) in [5, 5.41) is 5.85. The second-order valence-electron chi connectivity index (χ2n) is 15.6. The molecule has 6 aromatic carbocycles. The van der Waals surface area contributed by atoms with Crippen LogP contribution >= 0.6 is 0 Å². The first-order valence-electron chi connectivity index (χ1n) is 18.9. The molecule has 10 rings (SSSR count). The van der Waals surface area contributed by atoms with Crippen LogP contribution in [0.3, 0.4) is 0 Å². The third-order valence-corrected chi connectivity index (χ3v) is 12.2. The van der Waals surface area contributed by atoms with Crippen molar-refractivity contribution >= 4 is 68.2 Å². The fourth-order valence-corrected chi connectivity index (χ4v) is 9.24. The molecule has 279 valence electrons. The predicted octanol–water partition coefficient (Wildman–Crippen LogP) is 12.6. The van der Waals surface area contributed by atoms with E-state index >= 15 is 0 Å². The van der Waals surface area contributed by atoms with E-state index in [1.165, 1.54) is 10.8 Å². The van der Waals surface area contributed by atoms with Gasteiger partial charge in [-0.3, -0.25) is 4.98 Å². The Morgan fingerprint density at radius 3 is 2.12 bits per heavy atom. The molecule has 0 atom stereocenters. The van der Waals surface area contributed by atoms with E-state index in [-0.39, 0.29) is 20.1 Å². The summed E-state index contributed by atoms with van der Waals surface area (Å²) in [5.41, 5.74) is 10.7. The van der Waals surface area contributed by atoms with Crippen LogP contribution in [0.1, 0.15) is 19.4 Å². The third kappa shape index (κ3) is 6.92. The van der Waals surface area contributed by atoms with E-state index in [1.807, 2.05) is 78.9 Å². The number of furan rings is 2. The number of nitrogens with zero attached hydrogens (tertiary/aromatic N) is 3. The average molecular weight is 924 g/mol. The van der Waals surface area contributed by atoms with E-state index in [2.05, 4.69) is 116 Å². The monoisotopic (exact) mass is 924 g/mol. The number of hydrogen-bond acceptors (Lipinski definition) is 4. The average Bonchev–Trinajstić information content (AvgIpc) is 3.89. The largest absolute Gasteiger partial charge is 0.501 e. The van der Waals surface area contributed by atoms with Crippen LogP contribution in [0.5, 0.6) is 0 Å². The number of hydrogen-bond donors (Lipinski definition) is 0. The second-order valence-corrected chi connectivity index (χ2v) is 20.6. The molecule has 1 radical (unpaired) electrons. The van der Waals surface area contributed by atoms with Crippen molar-refractivity contribution in [2.75, 3.05) is 0 Å². The standard InChI is InChI=1S/C31H17N2O2.C18H24NSi.Ir/c1-5-14-27-20(8-1)22-17-16-19(18-29(22)34-27)33-26-13-4-3-12-25(26)32-31(33)24-11-7-10-23-21-9-2-6-15-28(21)35-30(23)24;1-14(2)11-16-12-17(15-9-7-6-8-10-15)19-13-18(16)20(3,4)5;/h1-10,12-18H;6-9,12-14H,11H2,1-5H3;/q2*-1;. The molecular formula is C49H41IrN3O2Si-2. The maximum Gasteiger partial charge on any atom is 0.137 e. The Kier molecular flexibility index (Phi) is 10.1. The van der Waals surface area contributed by atoms with Gasteiger partial charge in [0.1, 0.15) is 16.7 Å². The van der Waals surface area contributed by atoms with E-state index < -0.39 is 8.07 Å². The fraction of sp³-hybridized carbons (Fsp3) is 0.143. The SMILES string of the molecule is CC(C)Cc1cc(-c2[c-]cccc2)ncc1[Si](C)(C)C.[Ir].[c-]1ccc2c(oc3ccccc32)c1-c1nc2ccccc2n1-c1ccc2c(c1)oc1ccccc12. The van der Waals surface area contributed by atoms with Crippen LogP contribution in [0.4, 0.5) is 0 Å². The Hall–Kier alpha value is -5.59. The summed E-state index contributed by atoms with van der Waals surface area (Å²) in [6.07, 6.45) is 3.24. The van der Waals surface area contributed by atoms with Gasteiger partial charge in [0.15, 0.2) is 0 Å². The summed E-state index contributed by atoms with van der Waals surface area (Å²) in [4.78, 5) is 9.73. The fourth-order valence-electron chi connectivity index (χ4n) is 7.65. The molecule has 0 bridgehead atoms. The first-order chi connectivity index (χ1) is 26.7. The van der Waals surface area contributed by atoms with Gasteiger partial charge in [-0.1, -0.05) is 105 Å². The molecule has 0 aliphatic heterocycles. The topological polar surface area (TPSA) is 57.0 Å². The van der Waals surface area contributed by atoms with Gasteiger partial charge < -0.3 is 18.4 Å². The van der Waals surface area contributed by atoms with Crippen molar-refractivity contribution in [3.05, 3.63) is 157 Å². The molecule has 0 spiro atoms. The van der Waals surface area contributed by atoms with Crippen LogP contribution in [0.2, 0.25) is 19.6 Å². The number of fused-ring (bicyclic) bond motifs is 7. The van der Waals surface area contributed by atoms with Gasteiger partial charge in [0.05, 0.1) is 30.5 Å². The molecule has 7 heteroatoms. The number of pyridine rings is 1. The number of aromatic nitrogens is 3. The quantitative estimate of drug-likeness (QED) is 0.123. The number of benzene rings is 6. The van der Waals surface area contributed by atoms with Gasteiger partial charge in [0.2, 0.25) is 0 Å². The van der Waals surface area contributed by atoms with Crippen LogP contribution < -0.4 is 5.19 Å². The number of rotatable bonds is 6. The number of para-hydroxylation sites is 4. The van der Waals surface area contributed by atoms with E-state index in [1.54, 1.807) is 0 Å². The molecule has 0 amide bonds. The molecule has 5 nitrogen and oxygen atoms in total. The Morgan fingerprint density at radius 1 is 0.679 bits per heavy atom. The first-order valence-corrected chi connectivity index (χ1v) is 22.4. The van der Waals surface area contributed by atoms with E-state index in [4.69, 9.17) is 13.8 Å². The van der Waals surface area contributed by atoms with Gasteiger partial charge in [-0.25, -0.2) is 0 Å². The first kappa shape index (κ1) is 37.3. The zero-order valence-electron chi connectivity index (χ0n) is 32.1. The Bertz CT molecular complexity index is 2990. The third-order valence-electron chi connectivity index (χ3n) is 10.2. The Morgan fingerprint density at radius 2 is 1.38 bits per heavy atom. The van der Waals surface area contributed by atoms with Crippen LogP contribution in [-0.4, -0.2) is 22.6 Å². The molecular weight excluding hydrogens is 883 g/mol. The molecule has 0 unspecified atom stereocenters. The van der Waals surface area contributed by atoms with Gasteiger partial charge >= 0.3 is 0 Å². The molecule has 0 fully saturated rings. The van der Waals surface area contributed by atoms with Crippen molar-refractivity contribution in [2.24, 2.45) is 5.92 Å². The van der Waals surface area contributed by atoms with Crippen LogP contribution in [0.15, 0.2) is 148 Å². The maximum atomic E-state index is 6.33. The summed E-state index contributed by atoms with van der Waals surface area (Å²) >= 11 is 0. The Balaban J connectivity index is 0.000000181. The van der Waals surface area contributed by atoms with Gasteiger partial charge in [0, 0.05) is 54.2 Å². The molecule has 4 aromatic heterocycles. The zero-order chi connectivity index (χ0) is 37.7. The smallest absolute Gasteiger partial charge is 0.137 e. The summed E-state index contributed by atoms with van der Waals surface area (Å²) in [5.74, 6) is 1.45. The van der Waals surface area contributed by atoms with Crippen molar-refractivity contribution in [2.45, 2.75) is 39.9 Å². The van der Waals surface area contributed by atoms with Crippen LogP contribution in [0.25, 0.3) is 83.2 Å². The summed E-state index contributed by atoms with van der Waals surface area (Å²) < 4.78 is 14.7. The minimum atomic E-state index is -1.34. The van der Waals surface area contributed by atoms with Crippen molar-refractivity contribution in [1.82, 2.24) is 14.5 Å². The minimum absolute atomic E-state index is 0. The molecule has 0 saturated heterocycles. The summed E-state index contributed by atoms with van der Waals surface area (Å²) in [6, 6.07) is 51.8. The number of imidazole rings is 1. The molecule has 10 aromatic rings. The van der Waals surface area contributed by atoms with Crippen molar-refractivity contribution in [3.63, 3.8) is 0 Å². The van der Waals surface area contributed by atoms with E-state index in [9.17, 15) is 0 Å². The van der Waals surface area contributed by atoms with E-state index in [0.29, 0.717) is 5.92 Å². The molecule has 0 N–H and O–H groups in total. The molecule has 0 saturated carbocycles. The van der Waals surface area contributed by atoms with Crippen LogP contribution in [0, 0.1) is 18.1 Å². The van der Waals surface area contributed by atoms with E-state index in [0.717, 1.165) is 89.7 Å². The summed E-state index contributed by atoms with van der Waals surface area (Å²) in [7, 11) is -1.34. The molecule has 4 heterocycles. The van der Waals surface area contributed by atoms with Crippen molar-refractivity contribution < 1.29 is 28.9 Å². The molecule has 56 heavy (non-hydrogen) atoms. The zero-order valence-corrected chi connectivity index (χ0v) is 35.5. The van der Waals surface area contributed by atoms with Gasteiger partial charge in [-0.2, -0.15) is 0 Å². The maximum absolute atomic E-state index is 6.33. The minimum Gasteiger partial charge on any atom is -0.501 e. The predicted molar refractivity (Wildman–Crippen MR) is 230 cm³/mol. The van der Waals surface area contributed by atoms with Gasteiger partial charge in [-0.15, -0.1) is 54.1 Å². The summed E-state index contributed by atoms with van der Waals surface area (Å²) in [6.45, 7) is 11.7. The normalized spacial score (nSPS) is 11.8. The van der Waals surface area contributed by atoms with Gasteiger partial charge in [0.25, 0.3) is 0 Å². The second kappa shape index (κ2) is 15.2. The van der Waals surface area contributed by atoms with Crippen molar-refractivity contribution in [3.8, 4) is 28.3 Å². The van der Waals surface area contributed by atoms with Crippen LogP contribution in [-0.2, 0) is 26.5 Å². The Labute approximate surface area is 341 Å². The van der Waals surface area contributed by atoms with Crippen molar-refractivity contribution in [1.29, 1.82) is 0 Å². The van der Waals surface area contributed by atoms with Gasteiger partial charge in [-0.05, 0) is 59.6 Å². The molecule has 0 aliphatic carbocycles. The molecule has 0 aliphatic rings.